The van der Waals surface area contributed by atoms with E-state index in [2.05, 4.69) is 36.8 Å². The predicted molar refractivity (Wildman–Crippen MR) is 137 cm³/mol. The molecule has 10 nitrogen and oxygen atoms in total. The normalized spacial score (nSPS) is 10.9. The van der Waals surface area contributed by atoms with Crippen molar-refractivity contribution in [2.75, 3.05) is 11.1 Å². The van der Waals surface area contributed by atoms with Gasteiger partial charge in [0.25, 0.3) is 0 Å². The first-order valence-corrected chi connectivity index (χ1v) is 11.2. The van der Waals surface area contributed by atoms with Gasteiger partial charge in [-0.25, -0.2) is 33.7 Å². The highest BCUT2D eigenvalue weighted by molar-refractivity contribution is 5.99. The quantitative estimate of drug-likeness (QED) is 0.312. The summed E-state index contributed by atoms with van der Waals surface area (Å²) in [5.74, 6) is -1.97. The number of amides is 1. The average molecular weight is 514 g/mol. The number of ether oxygens (including phenoxy) is 1. The molecule has 5 aromatic rings. The molecule has 5 rings (SSSR count). The van der Waals surface area contributed by atoms with Crippen molar-refractivity contribution in [3.05, 3.63) is 84.6 Å². The number of carbonyl (C=O) groups excluding carboxylic acids is 1. The summed E-state index contributed by atoms with van der Waals surface area (Å²) in [5, 5.41) is 2.46. The first kappa shape index (κ1) is 24.4. The number of fused-ring (bicyclic) bond motifs is 1. The van der Waals surface area contributed by atoms with Crippen LogP contribution < -0.4 is 15.8 Å². The third-order valence-electron chi connectivity index (χ3n) is 5.67. The molecule has 0 saturated carbocycles. The van der Waals surface area contributed by atoms with E-state index in [1.165, 1.54) is 35.4 Å². The first-order chi connectivity index (χ1) is 18.3. The minimum Gasteiger partial charge on any atom is -0.421 e. The van der Waals surface area contributed by atoms with Crippen molar-refractivity contribution in [1.82, 2.24) is 29.5 Å². The van der Waals surface area contributed by atoms with Crippen LogP contribution in [0.3, 0.4) is 0 Å². The Morgan fingerprint density at radius 3 is 2.63 bits per heavy atom. The molecular weight excluding hydrogens is 494 g/mol. The highest BCUT2D eigenvalue weighted by Crippen LogP contribution is 2.38. The van der Waals surface area contributed by atoms with Crippen LogP contribution in [-0.2, 0) is 4.79 Å². The molecule has 0 spiro atoms. The molecule has 4 aromatic heterocycles. The van der Waals surface area contributed by atoms with Gasteiger partial charge in [0.2, 0.25) is 5.91 Å². The number of hydrogen-bond donors (Lipinski definition) is 2. The van der Waals surface area contributed by atoms with Crippen LogP contribution in [-0.4, -0.2) is 35.4 Å². The van der Waals surface area contributed by atoms with E-state index in [-0.39, 0.29) is 34.7 Å². The Morgan fingerprint density at radius 2 is 1.92 bits per heavy atom. The number of anilines is 2. The monoisotopic (exact) mass is 514 g/mol. The fraction of sp³-hybridized carbons (Fsp3) is 0.0769. The van der Waals surface area contributed by atoms with Crippen molar-refractivity contribution in [2.45, 2.75) is 13.8 Å². The van der Waals surface area contributed by atoms with E-state index in [9.17, 15) is 4.79 Å². The summed E-state index contributed by atoms with van der Waals surface area (Å²) in [5.41, 5.74) is 8.82. The molecule has 0 atom stereocenters. The maximum Gasteiger partial charge on any atom is 0.322 e. The number of benzene rings is 1. The van der Waals surface area contributed by atoms with Crippen molar-refractivity contribution in [2.24, 2.45) is 0 Å². The Labute approximate surface area is 214 Å². The third-order valence-corrected chi connectivity index (χ3v) is 5.67. The van der Waals surface area contributed by atoms with Crippen molar-refractivity contribution in [3.8, 4) is 28.8 Å². The van der Waals surface area contributed by atoms with Crippen LogP contribution in [0.2, 0.25) is 0 Å². The lowest BCUT2D eigenvalue weighted by Crippen LogP contribution is -2.09. The lowest BCUT2D eigenvalue weighted by molar-refractivity contribution is -0.111. The summed E-state index contributed by atoms with van der Waals surface area (Å²) in [6, 6.07) is 6.98. The van der Waals surface area contributed by atoms with Crippen LogP contribution in [0.5, 0.6) is 11.8 Å². The second-order valence-electron chi connectivity index (χ2n) is 8.21. The molecule has 0 unspecified atom stereocenters. The largest absolute Gasteiger partial charge is 0.421 e. The molecule has 1 amide bonds. The average Bonchev–Trinajstić information content (AvgIpc) is 3.18. The van der Waals surface area contributed by atoms with Gasteiger partial charge in [-0.05, 0) is 38.1 Å². The number of carbonyl (C=O) groups is 1. The molecule has 0 fully saturated rings. The van der Waals surface area contributed by atoms with Crippen LogP contribution in [0.4, 0.5) is 20.3 Å². The zero-order valence-electron chi connectivity index (χ0n) is 20.2. The number of nitrogen functional groups attached to an aromatic ring is 1. The number of aromatic nitrogens is 6. The zero-order valence-corrected chi connectivity index (χ0v) is 20.2. The Balaban J connectivity index is 1.66. The van der Waals surface area contributed by atoms with Gasteiger partial charge in [-0.1, -0.05) is 6.58 Å². The number of nitrogens with zero attached hydrogens (tertiary/aromatic N) is 6. The van der Waals surface area contributed by atoms with Crippen molar-refractivity contribution in [3.63, 3.8) is 0 Å². The Bertz CT molecular complexity index is 1730. The number of hydrogen-bond acceptors (Lipinski definition) is 8. The number of halogens is 2. The molecule has 0 bridgehead atoms. The lowest BCUT2D eigenvalue weighted by Gasteiger charge is -2.14. The van der Waals surface area contributed by atoms with E-state index in [1.807, 2.05) is 0 Å². The number of nitrogens with one attached hydrogen (secondary N) is 1. The second kappa shape index (κ2) is 9.65. The van der Waals surface area contributed by atoms with Gasteiger partial charge in [-0.3, -0.25) is 4.79 Å². The number of rotatable bonds is 6. The maximum absolute atomic E-state index is 15.4. The van der Waals surface area contributed by atoms with E-state index in [4.69, 9.17) is 10.5 Å². The van der Waals surface area contributed by atoms with E-state index in [0.29, 0.717) is 28.0 Å². The van der Waals surface area contributed by atoms with Gasteiger partial charge < -0.3 is 20.4 Å². The molecule has 0 saturated heterocycles. The molecule has 4 heterocycles. The molecule has 1 aromatic carbocycles. The van der Waals surface area contributed by atoms with E-state index < -0.39 is 17.5 Å². The van der Waals surface area contributed by atoms with Crippen LogP contribution in [0.1, 0.15) is 11.3 Å². The summed E-state index contributed by atoms with van der Waals surface area (Å²) in [6.45, 7) is 6.85. The van der Waals surface area contributed by atoms with Crippen molar-refractivity contribution < 1.29 is 18.3 Å². The lowest BCUT2D eigenvalue weighted by atomic mass is 10.1. The summed E-state index contributed by atoms with van der Waals surface area (Å²) in [4.78, 5) is 32.3. The summed E-state index contributed by atoms with van der Waals surface area (Å²) in [6.07, 6.45) is 5.15. The zero-order chi connectivity index (χ0) is 27.0. The van der Waals surface area contributed by atoms with Crippen LogP contribution in [0.25, 0.3) is 28.1 Å². The minimum atomic E-state index is -0.734. The predicted octanol–water partition coefficient (Wildman–Crippen LogP) is 4.67. The molecule has 0 radical (unpaired) electrons. The SMILES string of the molecule is C=CC(=O)Nc1cnc(-c2c(C)c3ncnc(N)c3n2-c2ccc(Oc3nccc(C)n3)c(F)c2)c(F)c1. The number of aryl methyl sites for hydroxylation is 2. The minimum absolute atomic E-state index is 0.00727. The Hall–Kier alpha value is -5.26. The second-order valence-corrected chi connectivity index (χ2v) is 8.21. The highest BCUT2D eigenvalue weighted by Gasteiger charge is 2.25. The fourth-order valence-corrected chi connectivity index (χ4v) is 3.98. The fourth-order valence-electron chi connectivity index (χ4n) is 3.98. The molecule has 0 aliphatic heterocycles. The topological polar surface area (TPSA) is 134 Å². The van der Waals surface area contributed by atoms with E-state index in [1.54, 1.807) is 26.0 Å². The Morgan fingerprint density at radius 1 is 1.11 bits per heavy atom. The molecule has 12 heteroatoms. The molecule has 38 heavy (non-hydrogen) atoms. The maximum atomic E-state index is 15.4. The molecular formula is C26H20F2N8O2. The van der Waals surface area contributed by atoms with Crippen LogP contribution in [0, 0.1) is 25.5 Å². The van der Waals surface area contributed by atoms with Crippen molar-refractivity contribution in [1.29, 1.82) is 0 Å². The third kappa shape index (κ3) is 4.39. The van der Waals surface area contributed by atoms with Gasteiger partial charge >= 0.3 is 6.01 Å². The summed E-state index contributed by atoms with van der Waals surface area (Å²) < 4.78 is 37.7. The van der Waals surface area contributed by atoms with Gasteiger partial charge in [0.05, 0.1) is 23.1 Å². The van der Waals surface area contributed by atoms with Gasteiger partial charge in [0.15, 0.2) is 23.2 Å². The van der Waals surface area contributed by atoms with Gasteiger partial charge in [-0.15, -0.1) is 0 Å². The van der Waals surface area contributed by atoms with Gasteiger partial charge in [0, 0.05) is 35.3 Å². The van der Waals surface area contributed by atoms with Gasteiger partial charge in [0.1, 0.15) is 17.5 Å². The van der Waals surface area contributed by atoms with Gasteiger partial charge in [-0.2, -0.15) is 0 Å². The van der Waals surface area contributed by atoms with Crippen molar-refractivity contribution >= 4 is 28.4 Å². The molecule has 3 N–H and O–H groups in total. The summed E-state index contributed by atoms with van der Waals surface area (Å²) >= 11 is 0. The molecule has 0 aliphatic rings. The standard InChI is InChI=1S/C26H20F2N8O2/c1-4-20(37)35-15-9-18(28)22(31-11-15)23-14(3)21-24(25(29)33-12-32-21)36(23)16-5-6-19(17(27)10-16)38-26-30-8-7-13(2)34-26/h4-12H,1H2,2-3H3,(H,35,37)(H2,29,32,33). The van der Waals surface area contributed by atoms with Crippen LogP contribution in [0.15, 0.2) is 61.7 Å². The smallest absolute Gasteiger partial charge is 0.322 e. The number of nitrogens with two attached hydrogens (primary N) is 1. The summed E-state index contributed by atoms with van der Waals surface area (Å²) in [7, 11) is 0. The van der Waals surface area contributed by atoms with Crippen LogP contribution >= 0.6 is 0 Å². The van der Waals surface area contributed by atoms with E-state index >= 15 is 8.78 Å². The highest BCUT2D eigenvalue weighted by atomic mass is 19.1. The molecule has 0 aliphatic carbocycles. The Kier molecular flexibility index (Phi) is 6.21. The number of pyridine rings is 1. The first-order valence-electron chi connectivity index (χ1n) is 11.2. The molecule has 190 valence electrons. The van der Waals surface area contributed by atoms with E-state index in [0.717, 1.165) is 12.1 Å².